The van der Waals surface area contributed by atoms with Crippen LogP contribution in [0.4, 0.5) is 0 Å². The number of esters is 1. The van der Waals surface area contributed by atoms with E-state index in [1.807, 2.05) is 19.1 Å². The van der Waals surface area contributed by atoms with E-state index in [1.54, 1.807) is 35.0 Å². The predicted octanol–water partition coefficient (Wildman–Crippen LogP) is 3.05. The molecule has 6 heteroatoms. The molecule has 0 N–H and O–H groups in total. The van der Waals surface area contributed by atoms with Crippen molar-refractivity contribution in [1.29, 1.82) is 0 Å². The second-order valence-electron chi connectivity index (χ2n) is 5.66. The van der Waals surface area contributed by atoms with E-state index >= 15 is 0 Å². The fourth-order valence-corrected chi connectivity index (χ4v) is 2.56. The number of ketones is 1. The molecule has 0 radical (unpaired) electrons. The van der Waals surface area contributed by atoms with Gasteiger partial charge in [-0.3, -0.25) is 4.79 Å². The Morgan fingerprint density at radius 3 is 2.44 bits per heavy atom. The molecule has 0 atom stereocenters. The summed E-state index contributed by atoms with van der Waals surface area (Å²) in [6.07, 6.45) is 0.911. The number of aromatic nitrogens is 3. The number of benzene rings is 2. The maximum Gasteiger partial charge on any atom is 0.338 e. The van der Waals surface area contributed by atoms with Gasteiger partial charge in [0.05, 0.1) is 11.1 Å². The molecule has 25 heavy (non-hydrogen) atoms. The van der Waals surface area contributed by atoms with Crippen molar-refractivity contribution in [3.8, 4) is 0 Å². The van der Waals surface area contributed by atoms with Crippen molar-refractivity contribution in [2.45, 2.75) is 26.8 Å². The molecule has 3 aromatic rings. The first kappa shape index (κ1) is 16.8. The van der Waals surface area contributed by atoms with Crippen molar-refractivity contribution in [3.05, 3.63) is 59.2 Å². The number of aryl methyl sites for hydroxylation is 2. The van der Waals surface area contributed by atoms with Crippen LogP contribution < -0.4 is 0 Å². The van der Waals surface area contributed by atoms with E-state index in [9.17, 15) is 9.59 Å². The summed E-state index contributed by atoms with van der Waals surface area (Å²) >= 11 is 0. The van der Waals surface area contributed by atoms with Gasteiger partial charge in [-0.2, -0.15) is 0 Å². The van der Waals surface area contributed by atoms with Crippen molar-refractivity contribution in [2.24, 2.45) is 0 Å². The molecule has 0 saturated carbocycles. The molecule has 2 aromatic carbocycles. The minimum absolute atomic E-state index is 0.228. The first-order valence-corrected chi connectivity index (χ1v) is 8.25. The number of hydrogen-bond acceptors (Lipinski definition) is 5. The number of rotatable bonds is 6. The van der Waals surface area contributed by atoms with Crippen LogP contribution in [0.1, 0.15) is 40.1 Å². The first-order valence-electron chi connectivity index (χ1n) is 8.25. The Labute approximate surface area is 145 Å². The van der Waals surface area contributed by atoms with E-state index in [2.05, 4.69) is 17.2 Å². The van der Waals surface area contributed by atoms with E-state index in [0.29, 0.717) is 23.2 Å². The second-order valence-corrected chi connectivity index (χ2v) is 5.66. The lowest BCUT2D eigenvalue weighted by Crippen LogP contribution is -2.14. The van der Waals surface area contributed by atoms with Gasteiger partial charge in [0, 0.05) is 12.1 Å². The van der Waals surface area contributed by atoms with Gasteiger partial charge in [0.15, 0.2) is 12.4 Å². The summed E-state index contributed by atoms with van der Waals surface area (Å²) in [6.45, 7) is 4.43. The van der Waals surface area contributed by atoms with Gasteiger partial charge in [0.25, 0.3) is 0 Å². The Bertz CT molecular complexity index is 913. The van der Waals surface area contributed by atoms with Crippen LogP contribution in [0.15, 0.2) is 42.5 Å². The molecule has 0 bridgehead atoms. The molecule has 128 valence electrons. The Hall–Kier alpha value is -3.02. The molecule has 3 rings (SSSR count). The van der Waals surface area contributed by atoms with Gasteiger partial charge >= 0.3 is 5.97 Å². The molecule has 0 spiro atoms. The van der Waals surface area contributed by atoms with Gasteiger partial charge in [-0.25, -0.2) is 9.48 Å². The number of Topliss-reactive ketones (excluding diaryl/α,β-unsaturated/α-hetero) is 1. The minimum Gasteiger partial charge on any atom is -0.454 e. The van der Waals surface area contributed by atoms with Crippen LogP contribution in [0.5, 0.6) is 0 Å². The van der Waals surface area contributed by atoms with Crippen LogP contribution in [0.3, 0.4) is 0 Å². The second kappa shape index (κ2) is 7.25. The number of fused-ring (bicyclic) bond motifs is 1. The summed E-state index contributed by atoms with van der Waals surface area (Å²) in [5.74, 6) is -0.777. The van der Waals surface area contributed by atoms with E-state index in [1.165, 1.54) is 0 Å². The van der Waals surface area contributed by atoms with Crippen molar-refractivity contribution in [3.63, 3.8) is 0 Å². The van der Waals surface area contributed by atoms with Gasteiger partial charge in [0.2, 0.25) is 0 Å². The van der Waals surface area contributed by atoms with Crippen molar-refractivity contribution < 1.29 is 14.3 Å². The molecule has 0 fully saturated rings. The normalized spacial score (nSPS) is 10.8. The summed E-state index contributed by atoms with van der Waals surface area (Å²) in [5, 5.41) is 8.03. The van der Waals surface area contributed by atoms with Gasteiger partial charge < -0.3 is 4.74 Å². The maximum absolute atomic E-state index is 12.2. The van der Waals surface area contributed by atoms with E-state index < -0.39 is 5.97 Å². The summed E-state index contributed by atoms with van der Waals surface area (Å²) < 4.78 is 6.88. The highest BCUT2D eigenvalue weighted by atomic mass is 16.5. The average Bonchev–Trinajstić information content (AvgIpc) is 3.08. The molecular weight excluding hydrogens is 318 g/mol. The van der Waals surface area contributed by atoms with Gasteiger partial charge in [0.1, 0.15) is 5.52 Å². The van der Waals surface area contributed by atoms with Crippen LogP contribution >= 0.6 is 0 Å². The molecule has 6 nitrogen and oxygen atoms in total. The SMILES string of the molecule is CCc1ccc(C(=O)COC(=O)c2ccc3c(c2)nnn3CC)cc1. The zero-order chi connectivity index (χ0) is 17.8. The van der Waals surface area contributed by atoms with Crippen LogP contribution in [-0.4, -0.2) is 33.4 Å². The average molecular weight is 337 g/mol. The number of nitrogens with zero attached hydrogens (tertiary/aromatic N) is 3. The Morgan fingerprint density at radius 2 is 1.76 bits per heavy atom. The topological polar surface area (TPSA) is 74.1 Å². The standard InChI is InChI=1S/C19H19N3O3/c1-3-13-5-7-14(8-6-13)18(23)12-25-19(24)15-9-10-17-16(11-15)20-21-22(17)4-2/h5-11H,3-4,12H2,1-2H3. The summed E-state index contributed by atoms with van der Waals surface area (Å²) in [7, 11) is 0. The minimum atomic E-state index is -0.550. The summed E-state index contributed by atoms with van der Waals surface area (Å²) in [5.41, 5.74) is 3.52. The molecule has 1 aromatic heterocycles. The third-order valence-corrected chi connectivity index (χ3v) is 4.07. The molecule has 0 unspecified atom stereocenters. The van der Waals surface area contributed by atoms with Crippen LogP contribution in [0.2, 0.25) is 0 Å². The van der Waals surface area contributed by atoms with Crippen LogP contribution in [0.25, 0.3) is 11.0 Å². The maximum atomic E-state index is 12.2. The molecule has 1 heterocycles. The Kier molecular flexibility index (Phi) is 4.88. The number of hydrogen-bond donors (Lipinski definition) is 0. The molecule has 0 aliphatic carbocycles. The highest BCUT2D eigenvalue weighted by Crippen LogP contribution is 2.14. The molecule has 0 saturated heterocycles. The molecule has 0 aliphatic heterocycles. The predicted molar refractivity (Wildman–Crippen MR) is 93.6 cm³/mol. The third-order valence-electron chi connectivity index (χ3n) is 4.07. The fourth-order valence-electron chi connectivity index (χ4n) is 2.56. The van der Waals surface area contributed by atoms with Crippen molar-refractivity contribution in [2.75, 3.05) is 6.61 Å². The Morgan fingerprint density at radius 1 is 1.04 bits per heavy atom. The third kappa shape index (κ3) is 3.57. The van der Waals surface area contributed by atoms with Gasteiger partial charge in [-0.1, -0.05) is 36.4 Å². The summed E-state index contributed by atoms with van der Waals surface area (Å²) in [6, 6.07) is 12.4. The highest BCUT2D eigenvalue weighted by molar-refractivity contribution is 6.00. The largest absolute Gasteiger partial charge is 0.454 e. The lowest BCUT2D eigenvalue weighted by Gasteiger charge is -2.05. The number of carbonyl (C=O) groups excluding carboxylic acids is 2. The number of carbonyl (C=O) groups is 2. The van der Waals surface area contributed by atoms with E-state index in [4.69, 9.17) is 4.74 Å². The smallest absolute Gasteiger partial charge is 0.338 e. The molecule has 0 aliphatic rings. The zero-order valence-electron chi connectivity index (χ0n) is 14.2. The quantitative estimate of drug-likeness (QED) is 0.510. The van der Waals surface area contributed by atoms with Gasteiger partial charge in [-0.15, -0.1) is 5.10 Å². The summed E-state index contributed by atoms with van der Waals surface area (Å²) in [4.78, 5) is 24.3. The van der Waals surface area contributed by atoms with E-state index in [-0.39, 0.29) is 12.4 Å². The van der Waals surface area contributed by atoms with Gasteiger partial charge in [-0.05, 0) is 37.1 Å². The Balaban J connectivity index is 1.66. The van der Waals surface area contributed by atoms with Crippen molar-refractivity contribution >= 4 is 22.8 Å². The van der Waals surface area contributed by atoms with E-state index in [0.717, 1.165) is 17.5 Å². The molecule has 0 amide bonds. The number of ether oxygens (including phenoxy) is 1. The van der Waals surface area contributed by atoms with Crippen molar-refractivity contribution in [1.82, 2.24) is 15.0 Å². The lowest BCUT2D eigenvalue weighted by atomic mass is 10.1. The fraction of sp³-hybridized carbons (Fsp3) is 0.263. The van der Waals surface area contributed by atoms with Crippen LogP contribution in [0, 0.1) is 0 Å². The monoisotopic (exact) mass is 337 g/mol. The molecular formula is C19H19N3O3. The first-order chi connectivity index (χ1) is 12.1. The zero-order valence-corrected chi connectivity index (χ0v) is 14.2. The lowest BCUT2D eigenvalue weighted by molar-refractivity contribution is 0.0475. The highest BCUT2D eigenvalue weighted by Gasteiger charge is 2.14. The van der Waals surface area contributed by atoms with Crippen LogP contribution in [-0.2, 0) is 17.7 Å².